The number of nitrogen functional groups attached to an aromatic ring is 1. The van der Waals surface area contributed by atoms with Crippen LogP contribution >= 0.6 is 0 Å². The van der Waals surface area contributed by atoms with Gasteiger partial charge in [0.15, 0.2) is 0 Å². The number of nitrogens with zero attached hydrogens (tertiary/aromatic N) is 3. The molecule has 0 saturated carbocycles. The Morgan fingerprint density at radius 1 is 1.24 bits per heavy atom. The van der Waals surface area contributed by atoms with E-state index in [1.54, 1.807) is 18.2 Å². The van der Waals surface area contributed by atoms with Crippen LogP contribution in [0.15, 0.2) is 24.5 Å². The summed E-state index contributed by atoms with van der Waals surface area (Å²) in [5.41, 5.74) is 7.01. The van der Waals surface area contributed by atoms with Crippen LogP contribution in [-0.2, 0) is 16.0 Å². The van der Waals surface area contributed by atoms with Crippen molar-refractivity contribution in [3.8, 4) is 0 Å². The molecule has 2 rings (SSSR count). The quantitative estimate of drug-likeness (QED) is 0.644. The second-order valence-corrected chi connectivity index (χ2v) is 4.13. The first-order chi connectivity index (χ1) is 10.1. The lowest BCUT2D eigenvalue weighted by molar-refractivity contribution is 0.0581. The van der Waals surface area contributed by atoms with E-state index in [2.05, 4.69) is 14.8 Å². The Morgan fingerprint density at radius 3 is 2.62 bits per heavy atom. The topological polar surface area (TPSA) is 109 Å². The zero-order chi connectivity index (χ0) is 15.4. The first-order valence-corrected chi connectivity index (χ1v) is 6.00. The average molecular weight is 290 g/mol. The van der Waals surface area contributed by atoms with Gasteiger partial charge in [0.1, 0.15) is 6.33 Å². The third-order valence-corrected chi connectivity index (χ3v) is 2.81. The summed E-state index contributed by atoms with van der Waals surface area (Å²) in [6.45, 7) is 0.222. The Balaban J connectivity index is 2.31. The second kappa shape index (κ2) is 6.04. The monoisotopic (exact) mass is 290 g/mol. The number of nitrogens with two attached hydrogens (primary N) is 1. The van der Waals surface area contributed by atoms with Crippen molar-refractivity contribution in [2.45, 2.75) is 6.54 Å². The highest BCUT2D eigenvalue weighted by Gasteiger charge is 2.17. The van der Waals surface area contributed by atoms with Gasteiger partial charge in [-0.2, -0.15) is 0 Å². The fraction of sp³-hybridized carbons (Fsp3) is 0.231. The Morgan fingerprint density at radius 2 is 1.95 bits per heavy atom. The van der Waals surface area contributed by atoms with Crippen molar-refractivity contribution in [1.29, 1.82) is 0 Å². The molecule has 0 radical (unpaired) electrons. The van der Waals surface area contributed by atoms with E-state index in [1.807, 2.05) is 0 Å². The predicted molar refractivity (Wildman–Crippen MR) is 72.7 cm³/mol. The van der Waals surface area contributed by atoms with Crippen LogP contribution in [0.4, 0.5) is 5.69 Å². The standard InChI is InChI=1S/C13H14N4O4/c1-20-12(18)10-8(4-3-5-9(10)14)6-17-7-15-11(16-17)13(19)21-2/h3-5,7H,6,14H2,1-2H3. The Bertz CT molecular complexity index is 681. The van der Waals surface area contributed by atoms with Crippen LogP contribution < -0.4 is 5.73 Å². The van der Waals surface area contributed by atoms with Crippen LogP contribution in [0.25, 0.3) is 0 Å². The van der Waals surface area contributed by atoms with Gasteiger partial charge in [-0.25, -0.2) is 19.3 Å². The number of carbonyl (C=O) groups is 2. The third-order valence-electron chi connectivity index (χ3n) is 2.81. The smallest absolute Gasteiger partial charge is 0.377 e. The maximum Gasteiger partial charge on any atom is 0.377 e. The number of carbonyl (C=O) groups excluding carboxylic acids is 2. The Labute approximate surface area is 120 Å². The van der Waals surface area contributed by atoms with Crippen molar-refractivity contribution in [2.24, 2.45) is 0 Å². The number of rotatable bonds is 4. The maximum atomic E-state index is 11.8. The molecule has 0 saturated heterocycles. The lowest BCUT2D eigenvalue weighted by Crippen LogP contribution is -2.13. The van der Waals surface area contributed by atoms with E-state index in [1.165, 1.54) is 25.2 Å². The molecule has 0 spiro atoms. The predicted octanol–water partition coefficient (Wildman–Crippen LogP) is 0.482. The molecule has 21 heavy (non-hydrogen) atoms. The summed E-state index contributed by atoms with van der Waals surface area (Å²) in [5, 5.41) is 3.97. The number of anilines is 1. The highest BCUT2D eigenvalue weighted by molar-refractivity contribution is 5.96. The molecule has 0 atom stereocenters. The van der Waals surface area contributed by atoms with Gasteiger partial charge in [0.05, 0.1) is 26.3 Å². The van der Waals surface area contributed by atoms with Crippen molar-refractivity contribution in [3.63, 3.8) is 0 Å². The van der Waals surface area contributed by atoms with Crippen LogP contribution in [0.5, 0.6) is 0 Å². The zero-order valence-corrected chi connectivity index (χ0v) is 11.6. The first-order valence-electron chi connectivity index (χ1n) is 6.00. The molecule has 8 heteroatoms. The molecule has 8 nitrogen and oxygen atoms in total. The van der Waals surface area contributed by atoms with Gasteiger partial charge in [0.2, 0.25) is 0 Å². The molecule has 0 aliphatic carbocycles. The highest BCUT2D eigenvalue weighted by atomic mass is 16.5. The molecule has 0 fully saturated rings. The highest BCUT2D eigenvalue weighted by Crippen LogP contribution is 2.19. The molecule has 1 aromatic carbocycles. The molecular formula is C13H14N4O4. The summed E-state index contributed by atoms with van der Waals surface area (Å²) >= 11 is 0. The van der Waals surface area contributed by atoms with Crippen LogP contribution in [0.1, 0.15) is 26.5 Å². The minimum absolute atomic E-state index is 0.0546. The lowest BCUT2D eigenvalue weighted by Gasteiger charge is -2.10. The van der Waals surface area contributed by atoms with E-state index in [4.69, 9.17) is 10.5 Å². The summed E-state index contributed by atoms with van der Waals surface area (Å²) in [5.74, 6) is -1.22. The van der Waals surface area contributed by atoms with Gasteiger partial charge >= 0.3 is 11.9 Å². The summed E-state index contributed by atoms with van der Waals surface area (Å²) in [6, 6.07) is 5.05. The zero-order valence-electron chi connectivity index (χ0n) is 11.6. The van der Waals surface area contributed by atoms with Crippen molar-refractivity contribution >= 4 is 17.6 Å². The Kier molecular flexibility index (Phi) is 4.17. The summed E-state index contributed by atoms with van der Waals surface area (Å²) in [7, 11) is 2.53. The maximum absolute atomic E-state index is 11.8. The van der Waals surface area contributed by atoms with E-state index in [0.29, 0.717) is 11.3 Å². The SMILES string of the molecule is COC(=O)c1ncn(Cc2cccc(N)c2C(=O)OC)n1. The number of esters is 2. The van der Waals surface area contributed by atoms with Crippen LogP contribution in [-0.4, -0.2) is 40.9 Å². The average Bonchev–Trinajstić information content (AvgIpc) is 2.94. The molecular weight excluding hydrogens is 276 g/mol. The fourth-order valence-electron chi connectivity index (χ4n) is 1.83. The van der Waals surface area contributed by atoms with E-state index in [-0.39, 0.29) is 17.9 Å². The Hall–Kier alpha value is -2.90. The van der Waals surface area contributed by atoms with Crippen molar-refractivity contribution in [3.05, 3.63) is 41.5 Å². The normalized spacial score (nSPS) is 10.2. The molecule has 0 amide bonds. The van der Waals surface area contributed by atoms with E-state index in [9.17, 15) is 9.59 Å². The van der Waals surface area contributed by atoms with Gasteiger partial charge in [-0.3, -0.25) is 0 Å². The van der Waals surface area contributed by atoms with Gasteiger partial charge in [-0.15, -0.1) is 5.10 Å². The molecule has 0 bridgehead atoms. The largest absolute Gasteiger partial charge is 0.465 e. The number of benzene rings is 1. The number of hydrogen-bond acceptors (Lipinski definition) is 7. The van der Waals surface area contributed by atoms with Crippen molar-refractivity contribution < 1.29 is 19.1 Å². The van der Waals surface area contributed by atoms with Crippen molar-refractivity contribution in [2.75, 3.05) is 20.0 Å². The lowest BCUT2D eigenvalue weighted by atomic mass is 10.1. The van der Waals surface area contributed by atoms with Crippen LogP contribution in [0, 0.1) is 0 Å². The summed E-state index contributed by atoms with van der Waals surface area (Å²) in [6.07, 6.45) is 1.37. The molecule has 1 heterocycles. The van der Waals surface area contributed by atoms with Crippen LogP contribution in [0.3, 0.4) is 0 Å². The molecule has 110 valence electrons. The van der Waals surface area contributed by atoms with Gasteiger partial charge in [-0.1, -0.05) is 12.1 Å². The van der Waals surface area contributed by atoms with E-state index >= 15 is 0 Å². The summed E-state index contributed by atoms with van der Waals surface area (Å²) in [4.78, 5) is 26.9. The molecule has 2 N–H and O–H groups in total. The number of ether oxygens (including phenoxy) is 2. The first kappa shape index (κ1) is 14.5. The minimum Gasteiger partial charge on any atom is -0.465 e. The molecule has 1 aromatic heterocycles. The van der Waals surface area contributed by atoms with Gasteiger partial charge in [-0.05, 0) is 11.6 Å². The second-order valence-electron chi connectivity index (χ2n) is 4.13. The van der Waals surface area contributed by atoms with E-state index in [0.717, 1.165) is 0 Å². The number of methoxy groups -OCH3 is 2. The molecule has 0 unspecified atom stereocenters. The van der Waals surface area contributed by atoms with Gasteiger partial charge < -0.3 is 15.2 Å². The summed E-state index contributed by atoms with van der Waals surface area (Å²) < 4.78 is 10.7. The van der Waals surface area contributed by atoms with Crippen molar-refractivity contribution in [1.82, 2.24) is 14.8 Å². The minimum atomic E-state index is -0.630. The van der Waals surface area contributed by atoms with Gasteiger partial charge in [0.25, 0.3) is 5.82 Å². The number of aromatic nitrogens is 3. The molecule has 0 aliphatic rings. The van der Waals surface area contributed by atoms with E-state index < -0.39 is 11.9 Å². The number of hydrogen-bond donors (Lipinski definition) is 1. The third kappa shape index (κ3) is 2.99. The van der Waals surface area contributed by atoms with Gasteiger partial charge in [0, 0.05) is 5.69 Å². The fourth-order valence-corrected chi connectivity index (χ4v) is 1.83. The molecule has 0 aliphatic heterocycles. The van der Waals surface area contributed by atoms with Crippen LogP contribution in [0.2, 0.25) is 0 Å². The molecule has 2 aromatic rings.